The lowest BCUT2D eigenvalue weighted by atomic mass is 10.8. The van der Waals surface area contributed by atoms with Crippen molar-refractivity contribution < 1.29 is 9.63 Å². The average Bonchev–Trinajstić information content (AvgIpc) is 2.23. The van der Waals surface area contributed by atoms with Crippen LogP contribution in [-0.2, 0) is 4.74 Å². The van der Waals surface area contributed by atoms with Crippen LogP contribution in [0.1, 0.15) is 0 Å². The van der Waals surface area contributed by atoms with Crippen molar-refractivity contribution in [3.8, 4) is 0 Å². The van der Waals surface area contributed by atoms with E-state index in [1.807, 2.05) is 0 Å². The van der Waals surface area contributed by atoms with Gasteiger partial charge in [-0.3, -0.25) is 4.99 Å². The minimum absolute atomic E-state index is 0.778. The summed E-state index contributed by atoms with van der Waals surface area (Å²) in [7, 11) is 1.42. The maximum atomic E-state index is 6.92. The van der Waals surface area contributed by atoms with Crippen LogP contribution in [0.25, 0.3) is 0 Å². The summed E-state index contributed by atoms with van der Waals surface area (Å²) in [6.45, 7) is 1.62. The van der Waals surface area contributed by atoms with Gasteiger partial charge < -0.3 is 9.63 Å². The van der Waals surface area contributed by atoms with Crippen molar-refractivity contribution in [2.24, 2.45) is 4.99 Å². The van der Waals surface area contributed by atoms with Crippen molar-refractivity contribution in [3.63, 3.8) is 0 Å². The summed E-state index contributed by atoms with van der Waals surface area (Å²) < 4.78 is 4.65. The molecule has 0 radical (unpaired) electrons. The third-order valence-electron chi connectivity index (χ3n) is 0.487. The van der Waals surface area contributed by atoms with Gasteiger partial charge in [-0.05, 0) is 9.47 Å². The van der Waals surface area contributed by atoms with E-state index in [9.17, 15) is 0 Å². The number of nitrogens with zero attached hydrogens (tertiary/aromatic N) is 1. The van der Waals surface area contributed by atoms with Crippen molar-refractivity contribution in [2.45, 2.75) is 0 Å². The van der Waals surface area contributed by atoms with Gasteiger partial charge in [0.05, 0.1) is 6.54 Å². The predicted octanol–water partition coefficient (Wildman–Crippen LogP) is -0.186. The fraction of sp³-hybridized carbons (Fsp3) is 0.667. The molecule has 3 nitrogen and oxygen atoms in total. The highest BCUT2D eigenvalue weighted by Crippen LogP contribution is 1.78. The fourth-order valence-electron chi connectivity index (χ4n) is 0.264. The number of rotatable bonds is 0. The van der Waals surface area contributed by atoms with Gasteiger partial charge in [0.1, 0.15) is 6.61 Å². The Hall–Kier alpha value is -0.140. The van der Waals surface area contributed by atoms with Crippen LogP contribution in [0.5, 0.6) is 0 Å². The quantitative estimate of drug-likeness (QED) is 0.451. The van der Waals surface area contributed by atoms with Crippen LogP contribution in [0.3, 0.4) is 0 Å². The normalized spacial score (nSPS) is 14.6. The average molecular weight is 121 g/mol. The number of hydrogen-bond acceptors (Lipinski definition) is 3. The minimum atomic E-state index is 0.778. The van der Waals surface area contributed by atoms with Crippen molar-refractivity contribution in [3.05, 3.63) is 0 Å². The molecule has 1 aliphatic rings. The van der Waals surface area contributed by atoms with Crippen molar-refractivity contribution in [2.75, 3.05) is 13.2 Å². The van der Waals surface area contributed by atoms with Gasteiger partial charge in [-0.2, -0.15) is 0 Å². The molecule has 1 rings (SSSR count). The molecule has 0 aliphatic carbocycles. The molecule has 0 aromatic heterocycles. The Kier molecular flexibility index (Phi) is 5.74. The van der Waals surface area contributed by atoms with Gasteiger partial charge in [0.25, 0.3) is 0 Å². The zero-order chi connectivity index (χ0) is 5.54. The van der Waals surface area contributed by atoms with Gasteiger partial charge in [0, 0.05) is 0 Å². The first-order chi connectivity index (χ1) is 3.50. The molecule has 1 atom stereocenters. The first kappa shape index (κ1) is 6.86. The molecule has 1 heterocycles. The summed E-state index contributed by atoms with van der Waals surface area (Å²) in [6, 6.07) is 0. The first-order valence-corrected chi connectivity index (χ1v) is 2.37. The van der Waals surface area contributed by atoms with Gasteiger partial charge in [0.15, 0.2) is 6.40 Å². The lowest BCUT2D eigenvalue weighted by Crippen LogP contribution is -1.80. The van der Waals surface area contributed by atoms with E-state index in [0.717, 1.165) is 13.2 Å². The Balaban J connectivity index is 0.000000162. The fourth-order valence-corrected chi connectivity index (χ4v) is 0.264. The van der Waals surface area contributed by atoms with Crippen LogP contribution in [0.15, 0.2) is 4.99 Å². The van der Waals surface area contributed by atoms with E-state index in [1.165, 1.54) is 15.9 Å². The van der Waals surface area contributed by atoms with Crippen LogP contribution in [0.4, 0.5) is 0 Å². The molecular weight excluding hydrogens is 113 g/mol. The summed E-state index contributed by atoms with van der Waals surface area (Å²) in [5, 5.41) is 0. The Labute approximate surface area is 44.7 Å². The van der Waals surface area contributed by atoms with E-state index in [0.29, 0.717) is 0 Å². The van der Waals surface area contributed by atoms with Gasteiger partial charge >= 0.3 is 0 Å². The van der Waals surface area contributed by atoms with Crippen LogP contribution in [-0.4, -0.2) is 24.4 Å². The van der Waals surface area contributed by atoms with E-state index in [-0.39, 0.29) is 0 Å². The molecule has 42 valence electrons. The molecule has 1 unspecified atom stereocenters. The molecule has 0 aromatic rings. The SMILES string of the molecule is C1=NCCO1.OP. The Morgan fingerprint density at radius 1 is 1.71 bits per heavy atom. The molecule has 4 heteroatoms. The number of ether oxygens (including phenoxy) is 1. The number of aliphatic imine (C=N–C) groups is 1. The second-order valence-corrected chi connectivity index (χ2v) is 0.882. The monoisotopic (exact) mass is 121 g/mol. The highest BCUT2D eigenvalue weighted by atomic mass is 31.0. The van der Waals surface area contributed by atoms with Crippen molar-refractivity contribution in [1.82, 2.24) is 0 Å². The second kappa shape index (κ2) is 5.86. The van der Waals surface area contributed by atoms with Gasteiger partial charge in [0.2, 0.25) is 0 Å². The lowest BCUT2D eigenvalue weighted by molar-refractivity contribution is 0.361. The Bertz CT molecular complexity index is 50.9. The zero-order valence-electron chi connectivity index (χ0n) is 3.87. The summed E-state index contributed by atoms with van der Waals surface area (Å²) in [5.74, 6) is 0. The molecule has 0 amide bonds. The van der Waals surface area contributed by atoms with E-state index in [4.69, 9.17) is 4.89 Å². The summed E-state index contributed by atoms with van der Waals surface area (Å²) in [5.41, 5.74) is 0. The van der Waals surface area contributed by atoms with Crippen LogP contribution in [0.2, 0.25) is 0 Å². The molecule has 0 fully saturated rings. The summed E-state index contributed by atoms with van der Waals surface area (Å²) in [4.78, 5) is 10.7. The maximum Gasteiger partial charge on any atom is 0.169 e. The molecule has 0 bridgehead atoms. The highest BCUT2D eigenvalue weighted by Gasteiger charge is 1.84. The smallest absolute Gasteiger partial charge is 0.169 e. The molecule has 1 N–H and O–H groups in total. The van der Waals surface area contributed by atoms with E-state index >= 15 is 0 Å². The third kappa shape index (κ3) is 3.70. The van der Waals surface area contributed by atoms with Crippen LogP contribution >= 0.6 is 9.47 Å². The third-order valence-corrected chi connectivity index (χ3v) is 0.487. The van der Waals surface area contributed by atoms with Crippen molar-refractivity contribution in [1.29, 1.82) is 0 Å². The molecule has 0 saturated heterocycles. The molecule has 1 aliphatic heterocycles. The van der Waals surface area contributed by atoms with Crippen molar-refractivity contribution >= 4 is 15.9 Å². The molecule has 0 aromatic carbocycles. The van der Waals surface area contributed by atoms with Crippen LogP contribution < -0.4 is 0 Å². The second-order valence-electron chi connectivity index (χ2n) is 0.882. The standard InChI is InChI=1S/C3H5NO.H3OP/c1-2-5-3-4-1;1-2/h3H,1-2H2;1H,2H2. The predicted molar refractivity (Wildman–Crippen MR) is 31.2 cm³/mol. The molecule has 0 saturated carbocycles. The van der Waals surface area contributed by atoms with E-state index in [2.05, 4.69) is 9.73 Å². The van der Waals surface area contributed by atoms with Crippen LogP contribution in [0, 0.1) is 0 Å². The topological polar surface area (TPSA) is 41.8 Å². The zero-order valence-corrected chi connectivity index (χ0v) is 5.03. The number of hydrogen-bond donors (Lipinski definition) is 1. The molecule has 0 spiro atoms. The maximum absolute atomic E-state index is 6.92. The minimum Gasteiger partial charge on any atom is -0.482 e. The Morgan fingerprint density at radius 2 is 2.43 bits per heavy atom. The van der Waals surface area contributed by atoms with Gasteiger partial charge in [-0.25, -0.2) is 0 Å². The highest BCUT2D eigenvalue weighted by molar-refractivity contribution is 7.08. The van der Waals surface area contributed by atoms with Gasteiger partial charge in [-0.1, -0.05) is 0 Å². The van der Waals surface area contributed by atoms with E-state index < -0.39 is 0 Å². The largest absolute Gasteiger partial charge is 0.482 e. The first-order valence-electron chi connectivity index (χ1n) is 1.86. The molecular formula is C3H8NO2P. The lowest BCUT2D eigenvalue weighted by Gasteiger charge is -1.76. The van der Waals surface area contributed by atoms with E-state index in [1.54, 1.807) is 0 Å². The molecule has 7 heavy (non-hydrogen) atoms. The van der Waals surface area contributed by atoms with Gasteiger partial charge in [-0.15, -0.1) is 0 Å². The summed E-state index contributed by atoms with van der Waals surface area (Å²) >= 11 is 0. The Morgan fingerprint density at radius 3 is 2.57 bits per heavy atom. The summed E-state index contributed by atoms with van der Waals surface area (Å²) in [6.07, 6.45) is 1.49.